The van der Waals surface area contributed by atoms with E-state index < -0.39 is 0 Å². The number of aryl methyl sites for hydroxylation is 1. The molecule has 5 saturated heterocycles. The first-order valence-corrected chi connectivity index (χ1v) is 40.5. The van der Waals surface area contributed by atoms with Crippen LogP contribution in [0.4, 0.5) is 22.7 Å². The number of allylic oxidation sites excluding steroid dienone is 4. The van der Waals surface area contributed by atoms with Crippen molar-refractivity contribution in [1.29, 1.82) is 0 Å². The summed E-state index contributed by atoms with van der Waals surface area (Å²) in [5.74, 6) is 5.81. The smallest absolute Gasteiger partial charge is 2.00 e. The summed E-state index contributed by atoms with van der Waals surface area (Å²) in [7, 11) is 0. The molecule has 0 amide bonds. The molecule has 2 N–H and O–H groups in total. The average Bonchev–Trinajstić information content (AvgIpc) is 0.940. The summed E-state index contributed by atoms with van der Waals surface area (Å²) in [6.45, 7) is 64.2. The average molecular weight is 1640 g/mol. The zero-order chi connectivity index (χ0) is 78.5. The van der Waals surface area contributed by atoms with Gasteiger partial charge in [0.05, 0.1) is 90.7 Å². The zero-order valence-electron chi connectivity index (χ0n) is 72.6. The number of ether oxygens (including phenoxy) is 8. The van der Waals surface area contributed by atoms with Gasteiger partial charge in [-0.3, -0.25) is 15.9 Å². The first kappa shape index (κ1) is 107. The van der Waals surface area contributed by atoms with E-state index in [-0.39, 0.29) is 77.2 Å². The number of nitrogens with zero attached hydrogens (tertiary/aromatic N) is 4. The molecule has 0 aliphatic carbocycles. The molecule has 0 radical (unpaired) electrons. The SMILES string of the molecule is C1CCOC1.C1CCOC1.C1COCC[NH+]2CCOCCOCC[NH+](CCO1)CCOCCOCC2.CC(/C=C(/C)[N-]c1c(C(C)C)cccc1C(C)C)=Nc1c(C(C)C)cccc1C(C)C.CC(/C=C(/C)[N-]c1c(C(C)C)cccc1C(C)C)=Nc1c(C(C)C)cccc1C(C)C.[C-]#Cc1cccc(C)c1.[Fe+2].[Fe+2].[Na+].[S-2]. The Morgan fingerprint density at radius 2 is 0.586 bits per heavy atom. The second kappa shape index (κ2) is 62.3. The Kier molecular flexibility index (Phi) is 60.1. The van der Waals surface area contributed by atoms with Gasteiger partial charge in [0.25, 0.3) is 0 Å². The monoisotopic (exact) mass is 1640 g/mol. The Morgan fingerprint density at radius 3 is 0.784 bits per heavy atom. The van der Waals surface area contributed by atoms with E-state index in [9.17, 15) is 0 Å². The molecule has 18 heteroatoms. The molecule has 5 aromatic carbocycles. The fourth-order valence-corrected chi connectivity index (χ4v) is 12.8. The third-order valence-corrected chi connectivity index (χ3v) is 18.9. The van der Waals surface area contributed by atoms with Crippen molar-refractivity contribution in [3.63, 3.8) is 0 Å². The Bertz CT molecular complexity index is 3110. The molecule has 111 heavy (non-hydrogen) atoms. The maximum atomic E-state index is 6.79. The molecule has 2 bridgehead atoms. The van der Waals surface area contributed by atoms with Crippen molar-refractivity contribution in [2.45, 2.75) is 218 Å². The number of hydrogen-bond donors (Lipinski definition) is 2. The molecule has 5 heterocycles. The predicted octanol–water partition coefficient (Wildman–Crippen LogP) is 17.2. The summed E-state index contributed by atoms with van der Waals surface area (Å²) in [6.07, 6.45) is 16.1. The van der Waals surface area contributed by atoms with Crippen molar-refractivity contribution in [2.75, 3.05) is 145 Å². The van der Waals surface area contributed by atoms with Crippen LogP contribution in [0.3, 0.4) is 0 Å². The molecule has 5 aliphatic heterocycles. The van der Waals surface area contributed by atoms with E-state index in [2.05, 4.69) is 229 Å². The Morgan fingerprint density at radius 1 is 0.360 bits per heavy atom. The van der Waals surface area contributed by atoms with Gasteiger partial charge in [0.15, 0.2) is 0 Å². The van der Waals surface area contributed by atoms with Crippen LogP contribution in [0.5, 0.6) is 0 Å². The molecular weight excluding hydrogens is 1500 g/mol. The van der Waals surface area contributed by atoms with Crippen molar-refractivity contribution < 1.29 is 111 Å². The number of rotatable bonds is 16. The van der Waals surface area contributed by atoms with Crippen molar-refractivity contribution in [1.82, 2.24) is 0 Å². The molecule has 0 unspecified atom stereocenters. The van der Waals surface area contributed by atoms with Gasteiger partial charge in [-0.1, -0.05) is 250 Å². The molecule has 0 aromatic heterocycles. The normalized spacial score (nSPS) is 17.3. The summed E-state index contributed by atoms with van der Waals surface area (Å²) in [5, 5.41) is 10.2. The molecule has 614 valence electrons. The maximum absolute atomic E-state index is 6.79. The standard InChI is InChI=1S/2C29H41N2.C18H36N2O6.C9H7.2C4H8O.2Fe.Na.S/c2*1-18(2)24-13-11-14-25(19(3)4)28(24)30-22(9)17-23(10)31-29-26(20(5)6)15-12-16-27(29)21(7)8;1-7-21-13-14-24-10-4-20-5-11-25-17-15-22-8-2-19(1)3-9-23-16-18-26-12-6-20;1-3-9-6-4-5-8(2)7-9;2*1-2-4-5-3-1;;;;/h2*11-21H,1-10H3;1-18H2;4-7H,2H3;2*1-4H2;;;;/q2*-1;;-1;;;2*+2;+1;-2/p+2/b2*22-17-,31-23?;;;;;;;;. The van der Waals surface area contributed by atoms with E-state index in [1.165, 1.54) is 85.6 Å². The molecule has 10 rings (SSSR count). The number of aliphatic imine (C=N–C) groups is 2. The van der Waals surface area contributed by atoms with Crippen molar-refractivity contribution in [3.05, 3.63) is 193 Å². The number of benzene rings is 5. The topological polar surface area (TPSA) is 136 Å². The van der Waals surface area contributed by atoms with E-state index in [1.54, 1.807) is 0 Å². The van der Waals surface area contributed by atoms with E-state index >= 15 is 0 Å². The summed E-state index contributed by atoms with van der Waals surface area (Å²) < 4.78 is 44.3. The fraction of sp³-hybridized carbons (Fsp3) is 0.591. The number of nitrogens with one attached hydrogen (secondary N) is 2. The van der Waals surface area contributed by atoms with Crippen molar-refractivity contribution in [2.24, 2.45) is 9.98 Å². The van der Waals surface area contributed by atoms with E-state index in [0.29, 0.717) is 87.0 Å². The van der Waals surface area contributed by atoms with Crippen LogP contribution in [0.15, 0.2) is 131 Å². The summed E-state index contributed by atoms with van der Waals surface area (Å²) >= 11 is 0. The van der Waals surface area contributed by atoms with Gasteiger partial charge >= 0.3 is 63.7 Å². The Balaban J connectivity index is 0.00000143. The Labute approximate surface area is 725 Å². The van der Waals surface area contributed by atoms with Gasteiger partial charge in [-0.2, -0.15) is 11.4 Å². The van der Waals surface area contributed by atoms with Gasteiger partial charge in [-0.25, -0.2) is 0 Å². The minimum Gasteiger partial charge on any atom is -2.00 e. The first-order valence-electron chi connectivity index (χ1n) is 40.5. The van der Waals surface area contributed by atoms with Gasteiger partial charge in [-0.15, -0.1) is 29.1 Å². The first-order chi connectivity index (χ1) is 51.3. The third-order valence-electron chi connectivity index (χ3n) is 18.9. The second-order valence-corrected chi connectivity index (χ2v) is 31.0. The van der Waals surface area contributed by atoms with Crippen LogP contribution in [0.2, 0.25) is 0 Å². The fourth-order valence-electron chi connectivity index (χ4n) is 12.8. The summed E-state index contributed by atoms with van der Waals surface area (Å²) in [4.78, 5) is 13.0. The predicted molar refractivity (Wildman–Crippen MR) is 458 cm³/mol. The quantitative estimate of drug-likeness (QED) is 0.0432. The van der Waals surface area contributed by atoms with Crippen molar-refractivity contribution in [3.8, 4) is 5.92 Å². The van der Waals surface area contributed by atoms with Crippen LogP contribution < -0.4 is 39.4 Å². The minimum absolute atomic E-state index is 0. The number of para-hydroxylation sites is 4. The van der Waals surface area contributed by atoms with Gasteiger partial charge < -0.3 is 78.2 Å². The van der Waals surface area contributed by atoms with Gasteiger partial charge in [0.2, 0.25) is 0 Å². The van der Waals surface area contributed by atoms with Crippen LogP contribution in [0, 0.1) is 19.3 Å². The van der Waals surface area contributed by atoms with Gasteiger partial charge in [0, 0.05) is 37.9 Å². The minimum atomic E-state index is 0. The Hall–Kier alpha value is -3.93. The van der Waals surface area contributed by atoms with Crippen LogP contribution >= 0.6 is 0 Å². The van der Waals surface area contributed by atoms with Crippen LogP contribution in [-0.4, -0.2) is 156 Å². The molecule has 5 fully saturated rings. The number of quaternary nitrogens is 2. The van der Waals surface area contributed by atoms with E-state index in [4.69, 9.17) is 64.9 Å². The maximum Gasteiger partial charge on any atom is 2.00 e. The summed E-state index contributed by atoms with van der Waals surface area (Å²) in [6, 6.07) is 34.0. The molecule has 0 atom stereocenters. The molecule has 5 aromatic rings. The molecule has 0 saturated carbocycles. The number of fused-ring (bicyclic) bond motifs is 21. The zero-order valence-corrected chi connectivity index (χ0v) is 77.6. The van der Waals surface area contributed by atoms with Crippen LogP contribution in [0.25, 0.3) is 10.6 Å². The largest absolute Gasteiger partial charge is 2.00 e. The molecule has 0 spiro atoms. The number of hydrogen-bond acceptors (Lipinski definition) is 10. The third kappa shape index (κ3) is 43.2. The van der Waals surface area contributed by atoms with E-state index in [0.717, 1.165) is 156 Å². The van der Waals surface area contributed by atoms with Gasteiger partial charge in [-0.05, 0) is 116 Å². The second-order valence-electron chi connectivity index (χ2n) is 31.0. The molecule has 14 nitrogen and oxygen atoms in total. The van der Waals surface area contributed by atoms with Crippen LogP contribution in [-0.2, 0) is 85.5 Å². The van der Waals surface area contributed by atoms with Crippen LogP contribution in [0.1, 0.15) is 267 Å². The molecule has 5 aliphatic rings. The van der Waals surface area contributed by atoms with E-state index in [1.807, 2.05) is 31.2 Å². The van der Waals surface area contributed by atoms with Gasteiger partial charge in [0.1, 0.15) is 39.3 Å². The van der Waals surface area contributed by atoms with Crippen molar-refractivity contribution >= 4 is 47.7 Å². The molecular formula is C93H143Fe2N6NaO8S+2. The summed E-state index contributed by atoms with van der Waals surface area (Å²) in [5.41, 5.74) is 20.9.